The van der Waals surface area contributed by atoms with Crippen molar-refractivity contribution in [1.29, 1.82) is 0 Å². The van der Waals surface area contributed by atoms with Crippen LogP contribution in [0.15, 0.2) is 18.2 Å². The van der Waals surface area contributed by atoms with E-state index >= 15 is 0 Å². The Labute approximate surface area is 113 Å². The Hall–Kier alpha value is -0.640. The van der Waals surface area contributed by atoms with Crippen molar-refractivity contribution in [1.82, 2.24) is 4.90 Å². The molecule has 100 valence electrons. The molecule has 0 aromatic heterocycles. The molecule has 1 aliphatic rings. The fourth-order valence-electron chi connectivity index (χ4n) is 2.61. The maximum absolute atomic E-state index is 13.4. The Bertz CT molecular complexity index is 403. The number of hydrogen-bond acceptors (Lipinski definition) is 2. The summed E-state index contributed by atoms with van der Waals surface area (Å²) in [7, 11) is 2.07. The van der Waals surface area contributed by atoms with Gasteiger partial charge in [0.1, 0.15) is 5.82 Å². The molecule has 1 fully saturated rings. The average molecular weight is 271 g/mol. The molecule has 0 atom stereocenters. The molecule has 18 heavy (non-hydrogen) atoms. The first-order valence-electron chi connectivity index (χ1n) is 6.46. The van der Waals surface area contributed by atoms with E-state index in [2.05, 4.69) is 11.9 Å². The molecule has 1 aromatic rings. The Balaban J connectivity index is 1.98. The first kappa shape index (κ1) is 13.8. The highest BCUT2D eigenvalue weighted by molar-refractivity contribution is 6.31. The molecule has 0 radical (unpaired) electrons. The van der Waals surface area contributed by atoms with Gasteiger partial charge in [0, 0.05) is 18.6 Å². The van der Waals surface area contributed by atoms with Crippen molar-refractivity contribution >= 4 is 11.6 Å². The largest absolute Gasteiger partial charge is 0.328 e. The maximum atomic E-state index is 13.4. The zero-order valence-corrected chi connectivity index (χ0v) is 11.5. The van der Waals surface area contributed by atoms with E-state index in [1.165, 1.54) is 6.07 Å². The van der Waals surface area contributed by atoms with Gasteiger partial charge in [0.05, 0.1) is 5.02 Å². The molecule has 2 rings (SSSR count). The van der Waals surface area contributed by atoms with Crippen LogP contribution >= 0.6 is 11.6 Å². The van der Waals surface area contributed by atoms with Crippen LogP contribution in [0.4, 0.5) is 4.39 Å². The summed E-state index contributed by atoms with van der Waals surface area (Å²) in [6.07, 6.45) is 4.38. The second-order valence-electron chi connectivity index (χ2n) is 5.20. The lowest BCUT2D eigenvalue weighted by Crippen LogP contribution is -2.38. The van der Waals surface area contributed by atoms with E-state index in [1.54, 1.807) is 6.07 Å². The zero-order valence-electron chi connectivity index (χ0n) is 10.7. The smallest absolute Gasteiger partial charge is 0.142 e. The van der Waals surface area contributed by atoms with Gasteiger partial charge in [-0.1, -0.05) is 23.7 Å². The number of halogens is 2. The first-order chi connectivity index (χ1) is 8.58. The molecule has 0 unspecified atom stereocenters. The predicted molar refractivity (Wildman–Crippen MR) is 73.1 cm³/mol. The quantitative estimate of drug-likeness (QED) is 0.914. The van der Waals surface area contributed by atoms with Crippen molar-refractivity contribution in [3.63, 3.8) is 0 Å². The molecule has 0 aliphatic heterocycles. The van der Waals surface area contributed by atoms with Crippen molar-refractivity contribution in [3.8, 4) is 0 Å². The van der Waals surface area contributed by atoms with E-state index in [9.17, 15) is 4.39 Å². The summed E-state index contributed by atoms with van der Waals surface area (Å²) in [4.78, 5) is 2.26. The van der Waals surface area contributed by atoms with Gasteiger partial charge in [0.25, 0.3) is 0 Å². The summed E-state index contributed by atoms with van der Waals surface area (Å²) < 4.78 is 13.4. The number of hydrogen-bond donors (Lipinski definition) is 1. The Morgan fingerprint density at radius 3 is 2.67 bits per heavy atom. The lowest BCUT2D eigenvalue weighted by molar-refractivity contribution is 0.176. The molecular formula is C14H20ClFN2. The molecule has 1 aliphatic carbocycles. The summed E-state index contributed by atoms with van der Waals surface area (Å²) in [5.74, 6) is -0.340. The summed E-state index contributed by atoms with van der Waals surface area (Å²) in [5, 5.41) is 0.247. The first-order valence-corrected chi connectivity index (χ1v) is 6.84. The third-order valence-corrected chi connectivity index (χ3v) is 4.24. The van der Waals surface area contributed by atoms with Crippen molar-refractivity contribution in [2.24, 2.45) is 5.73 Å². The monoisotopic (exact) mass is 270 g/mol. The third-order valence-electron chi connectivity index (χ3n) is 3.82. The number of nitrogens with two attached hydrogens (primary N) is 1. The molecule has 0 saturated heterocycles. The Kier molecular flexibility index (Phi) is 4.60. The Morgan fingerprint density at radius 2 is 2.00 bits per heavy atom. The van der Waals surface area contributed by atoms with E-state index in [0.717, 1.165) is 31.2 Å². The molecule has 2 nitrogen and oxygen atoms in total. The third kappa shape index (κ3) is 3.22. The van der Waals surface area contributed by atoms with Crippen LogP contribution < -0.4 is 5.73 Å². The van der Waals surface area contributed by atoms with E-state index in [0.29, 0.717) is 18.6 Å². The van der Waals surface area contributed by atoms with Gasteiger partial charge in [-0.3, -0.25) is 4.90 Å². The minimum Gasteiger partial charge on any atom is -0.328 e. The van der Waals surface area contributed by atoms with Crippen molar-refractivity contribution < 1.29 is 4.39 Å². The highest BCUT2D eigenvalue weighted by Gasteiger charge is 2.22. The minimum absolute atomic E-state index is 0.247. The number of nitrogens with zero attached hydrogens (tertiary/aromatic N) is 1. The van der Waals surface area contributed by atoms with Crippen molar-refractivity contribution in [2.45, 2.75) is 44.3 Å². The fourth-order valence-corrected chi connectivity index (χ4v) is 2.80. The molecule has 0 bridgehead atoms. The van der Waals surface area contributed by atoms with Crippen LogP contribution in [0.3, 0.4) is 0 Å². The molecule has 0 amide bonds. The lowest BCUT2D eigenvalue weighted by atomic mass is 9.91. The van der Waals surface area contributed by atoms with Crippen LogP contribution in [0.25, 0.3) is 0 Å². The minimum atomic E-state index is -0.340. The maximum Gasteiger partial charge on any atom is 0.142 e. The van der Waals surface area contributed by atoms with Gasteiger partial charge in [0.15, 0.2) is 0 Å². The van der Waals surface area contributed by atoms with E-state index in [-0.39, 0.29) is 10.8 Å². The molecule has 4 heteroatoms. The van der Waals surface area contributed by atoms with Crippen LogP contribution in [-0.4, -0.2) is 24.0 Å². The predicted octanol–water partition coefficient (Wildman–Crippen LogP) is 3.18. The average Bonchev–Trinajstić information content (AvgIpc) is 2.36. The fraction of sp³-hybridized carbons (Fsp3) is 0.571. The molecular weight excluding hydrogens is 251 g/mol. The van der Waals surface area contributed by atoms with Gasteiger partial charge < -0.3 is 5.73 Å². The standard InChI is InChI=1S/C14H20ClFN2/c1-18(12-7-5-11(17)6-8-12)9-10-3-2-4-13(16)14(10)15/h2-4,11-12H,5-9,17H2,1H3. The van der Waals surface area contributed by atoms with Gasteiger partial charge in [-0.2, -0.15) is 0 Å². The summed E-state index contributed by atoms with van der Waals surface area (Å²) in [6, 6.07) is 5.87. The van der Waals surface area contributed by atoms with Crippen molar-refractivity contribution in [2.75, 3.05) is 7.05 Å². The second-order valence-corrected chi connectivity index (χ2v) is 5.57. The topological polar surface area (TPSA) is 29.3 Å². The van der Waals surface area contributed by atoms with Gasteiger partial charge in [-0.15, -0.1) is 0 Å². The normalized spacial score (nSPS) is 24.5. The van der Waals surface area contributed by atoms with Crippen LogP contribution in [0.1, 0.15) is 31.2 Å². The van der Waals surface area contributed by atoms with E-state index in [1.807, 2.05) is 6.07 Å². The second kappa shape index (κ2) is 6.00. The van der Waals surface area contributed by atoms with Gasteiger partial charge in [0.2, 0.25) is 0 Å². The van der Waals surface area contributed by atoms with Gasteiger partial charge in [-0.05, 0) is 44.4 Å². The van der Waals surface area contributed by atoms with E-state index in [4.69, 9.17) is 17.3 Å². The van der Waals surface area contributed by atoms with Gasteiger partial charge in [-0.25, -0.2) is 4.39 Å². The number of rotatable bonds is 3. The van der Waals surface area contributed by atoms with Gasteiger partial charge >= 0.3 is 0 Å². The molecule has 1 saturated carbocycles. The van der Waals surface area contributed by atoms with Crippen LogP contribution in [-0.2, 0) is 6.54 Å². The van der Waals surface area contributed by atoms with Crippen molar-refractivity contribution in [3.05, 3.63) is 34.6 Å². The molecule has 1 aromatic carbocycles. The van der Waals surface area contributed by atoms with Crippen LogP contribution in [0, 0.1) is 5.82 Å². The van der Waals surface area contributed by atoms with Crippen LogP contribution in [0.2, 0.25) is 5.02 Å². The Morgan fingerprint density at radius 1 is 1.33 bits per heavy atom. The summed E-state index contributed by atoms with van der Waals surface area (Å²) in [5.41, 5.74) is 6.76. The lowest BCUT2D eigenvalue weighted by Gasteiger charge is -2.33. The zero-order chi connectivity index (χ0) is 13.1. The summed E-state index contributed by atoms with van der Waals surface area (Å²) in [6.45, 7) is 0.691. The molecule has 2 N–H and O–H groups in total. The summed E-state index contributed by atoms with van der Waals surface area (Å²) >= 11 is 5.98. The number of benzene rings is 1. The SMILES string of the molecule is CN(Cc1cccc(F)c1Cl)C1CCC(N)CC1. The highest BCUT2D eigenvalue weighted by Crippen LogP contribution is 2.25. The highest BCUT2D eigenvalue weighted by atomic mass is 35.5. The van der Waals surface area contributed by atoms with E-state index < -0.39 is 0 Å². The molecule has 0 heterocycles. The van der Waals surface area contributed by atoms with Crippen LogP contribution in [0.5, 0.6) is 0 Å². The molecule has 0 spiro atoms.